The smallest absolute Gasteiger partial charge is 0.156 e. The molecule has 1 aliphatic carbocycles. The second kappa shape index (κ2) is 3.92. The summed E-state index contributed by atoms with van der Waals surface area (Å²) in [6.45, 7) is 0.855. The zero-order valence-electron chi connectivity index (χ0n) is 7.53. The molecule has 0 amide bonds. The second-order valence-electron chi connectivity index (χ2n) is 3.37. The number of hydrogen-bond donors (Lipinski definition) is 1. The summed E-state index contributed by atoms with van der Waals surface area (Å²) in [5.74, 6) is 1.26. The molecule has 0 unspecified atom stereocenters. The van der Waals surface area contributed by atoms with Crippen LogP contribution >= 0.6 is 11.6 Å². The standard InChI is InChI=1S/C9H10ClN3O/c10-8-7(4-14)9(13-5-12-8)11-3-6-1-2-6/h4-6H,1-3H2,(H,11,12,13). The van der Waals surface area contributed by atoms with E-state index in [0.717, 1.165) is 12.5 Å². The van der Waals surface area contributed by atoms with E-state index in [9.17, 15) is 4.79 Å². The zero-order valence-corrected chi connectivity index (χ0v) is 8.29. The van der Waals surface area contributed by atoms with Crippen LogP contribution in [-0.4, -0.2) is 22.8 Å². The highest BCUT2D eigenvalue weighted by Gasteiger charge is 2.21. The SMILES string of the molecule is O=Cc1c(Cl)ncnc1NCC1CC1. The van der Waals surface area contributed by atoms with Crippen molar-refractivity contribution in [3.05, 3.63) is 17.0 Å². The Kier molecular flexibility index (Phi) is 2.63. The number of anilines is 1. The van der Waals surface area contributed by atoms with Crippen LogP contribution in [0.5, 0.6) is 0 Å². The van der Waals surface area contributed by atoms with Crippen LogP contribution in [0.25, 0.3) is 0 Å². The van der Waals surface area contributed by atoms with E-state index >= 15 is 0 Å². The Labute approximate surface area is 86.7 Å². The maximum atomic E-state index is 10.7. The fourth-order valence-corrected chi connectivity index (χ4v) is 1.36. The third kappa shape index (κ3) is 2.01. The number of nitrogens with zero attached hydrogens (tertiary/aromatic N) is 2. The first kappa shape index (κ1) is 9.40. The van der Waals surface area contributed by atoms with Crippen molar-refractivity contribution in [3.8, 4) is 0 Å². The van der Waals surface area contributed by atoms with Crippen LogP contribution in [0.3, 0.4) is 0 Å². The van der Waals surface area contributed by atoms with E-state index in [1.807, 2.05) is 0 Å². The number of halogens is 1. The molecule has 2 rings (SSSR count). The van der Waals surface area contributed by atoms with E-state index in [2.05, 4.69) is 15.3 Å². The largest absolute Gasteiger partial charge is 0.369 e. The first-order valence-corrected chi connectivity index (χ1v) is 4.88. The average molecular weight is 212 g/mol. The highest BCUT2D eigenvalue weighted by Crippen LogP contribution is 2.29. The molecule has 0 radical (unpaired) electrons. The highest BCUT2D eigenvalue weighted by molar-refractivity contribution is 6.32. The molecule has 74 valence electrons. The first-order chi connectivity index (χ1) is 6.81. The van der Waals surface area contributed by atoms with Gasteiger partial charge in [-0.15, -0.1) is 0 Å². The molecule has 14 heavy (non-hydrogen) atoms. The molecular formula is C9H10ClN3O. The van der Waals surface area contributed by atoms with Gasteiger partial charge in [-0.05, 0) is 18.8 Å². The molecule has 1 aromatic rings. The third-order valence-corrected chi connectivity index (χ3v) is 2.51. The zero-order chi connectivity index (χ0) is 9.97. The van der Waals surface area contributed by atoms with Crippen molar-refractivity contribution >= 4 is 23.7 Å². The van der Waals surface area contributed by atoms with E-state index < -0.39 is 0 Å². The van der Waals surface area contributed by atoms with Crippen molar-refractivity contribution in [2.45, 2.75) is 12.8 Å². The van der Waals surface area contributed by atoms with Gasteiger partial charge in [0.05, 0.1) is 5.56 Å². The number of nitrogens with one attached hydrogen (secondary N) is 1. The number of carbonyl (C=O) groups is 1. The maximum Gasteiger partial charge on any atom is 0.156 e. The molecule has 1 fully saturated rings. The minimum absolute atomic E-state index is 0.202. The molecule has 1 N–H and O–H groups in total. The van der Waals surface area contributed by atoms with E-state index in [-0.39, 0.29) is 5.15 Å². The second-order valence-corrected chi connectivity index (χ2v) is 3.73. The van der Waals surface area contributed by atoms with Crippen molar-refractivity contribution < 1.29 is 4.79 Å². The summed E-state index contributed by atoms with van der Waals surface area (Å²) >= 11 is 5.74. The predicted molar refractivity (Wildman–Crippen MR) is 53.6 cm³/mol. The Hall–Kier alpha value is -1.16. The summed E-state index contributed by atoms with van der Waals surface area (Å²) in [5, 5.41) is 3.30. The number of aldehydes is 1. The topological polar surface area (TPSA) is 54.9 Å². The molecule has 0 spiro atoms. The van der Waals surface area contributed by atoms with Crippen LogP contribution in [0, 0.1) is 5.92 Å². The van der Waals surface area contributed by atoms with Gasteiger partial charge < -0.3 is 5.32 Å². The normalized spacial score (nSPS) is 15.2. The van der Waals surface area contributed by atoms with Gasteiger partial charge in [0.1, 0.15) is 17.3 Å². The third-order valence-electron chi connectivity index (χ3n) is 2.21. The minimum Gasteiger partial charge on any atom is -0.369 e. The van der Waals surface area contributed by atoms with Crippen molar-refractivity contribution in [3.63, 3.8) is 0 Å². The maximum absolute atomic E-state index is 10.7. The molecule has 0 aromatic carbocycles. The Morgan fingerprint density at radius 2 is 2.36 bits per heavy atom. The summed E-state index contributed by atoms with van der Waals surface area (Å²) in [6.07, 6.45) is 4.53. The Morgan fingerprint density at radius 1 is 1.57 bits per heavy atom. The van der Waals surface area contributed by atoms with Gasteiger partial charge in [0.15, 0.2) is 6.29 Å². The average Bonchev–Trinajstić information content (AvgIpc) is 2.98. The molecule has 1 saturated carbocycles. The molecular weight excluding hydrogens is 202 g/mol. The Bertz CT molecular complexity index is 352. The van der Waals surface area contributed by atoms with Crippen LogP contribution in [0.15, 0.2) is 6.33 Å². The lowest BCUT2D eigenvalue weighted by molar-refractivity contribution is 0.112. The van der Waals surface area contributed by atoms with Gasteiger partial charge in [0.2, 0.25) is 0 Å². The lowest BCUT2D eigenvalue weighted by Crippen LogP contribution is -2.08. The van der Waals surface area contributed by atoms with Crippen molar-refractivity contribution in [2.24, 2.45) is 5.92 Å². The highest BCUT2D eigenvalue weighted by atomic mass is 35.5. The molecule has 1 heterocycles. The van der Waals surface area contributed by atoms with Crippen LogP contribution in [0.2, 0.25) is 5.15 Å². The molecule has 0 bridgehead atoms. The fraction of sp³-hybridized carbons (Fsp3) is 0.444. The lowest BCUT2D eigenvalue weighted by Gasteiger charge is -2.06. The summed E-state index contributed by atoms with van der Waals surface area (Å²) in [5.41, 5.74) is 0.342. The fourth-order valence-electron chi connectivity index (χ4n) is 1.18. The summed E-state index contributed by atoms with van der Waals surface area (Å²) < 4.78 is 0. The van der Waals surface area contributed by atoms with Crippen LogP contribution in [0.4, 0.5) is 5.82 Å². The van der Waals surface area contributed by atoms with E-state index in [1.165, 1.54) is 19.2 Å². The van der Waals surface area contributed by atoms with E-state index in [4.69, 9.17) is 11.6 Å². The van der Waals surface area contributed by atoms with Crippen molar-refractivity contribution in [1.29, 1.82) is 0 Å². The minimum atomic E-state index is 0.202. The molecule has 0 atom stereocenters. The van der Waals surface area contributed by atoms with Crippen LogP contribution < -0.4 is 5.32 Å². The van der Waals surface area contributed by atoms with Crippen LogP contribution in [-0.2, 0) is 0 Å². The molecule has 4 nitrogen and oxygen atoms in total. The van der Waals surface area contributed by atoms with Gasteiger partial charge in [-0.2, -0.15) is 0 Å². The summed E-state index contributed by atoms with van der Waals surface area (Å²) in [7, 11) is 0. The summed E-state index contributed by atoms with van der Waals surface area (Å²) in [4.78, 5) is 18.4. The molecule has 1 aliphatic rings. The predicted octanol–water partition coefficient (Wildman–Crippen LogP) is 1.76. The first-order valence-electron chi connectivity index (χ1n) is 4.51. The van der Waals surface area contributed by atoms with Gasteiger partial charge in [-0.25, -0.2) is 9.97 Å². The Morgan fingerprint density at radius 3 is 3.00 bits per heavy atom. The van der Waals surface area contributed by atoms with Gasteiger partial charge >= 0.3 is 0 Å². The van der Waals surface area contributed by atoms with E-state index in [0.29, 0.717) is 17.7 Å². The number of aromatic nitrogens is 2. The van der Waals surface area contributed by atoms with Crippen LogP contribution in [0.1, 0.15) is 23.2 Å². The van der Waals surface area contributed by atoms with Gasteiger partial charge in [0, 0.05) is 6.54 Å². The number of rotatable bonds is 4. The van der Waals surface area contributed by atoms with Gasteiger partial charge in [0.25, 0.3) is 0 Å². The molecule has 5 heteroatoms. The summed E-state index contributed by atoms with van der Waals surface area (Å²) in [6, 6.07) is 0. The van der Waals surface area contributed by atoms with Gasteiger partial charge in [-0.3, -0.25) is 4.79 Å². The molecule has 0 saturated heterocycles. The number of hydrogen-bond acceptors (Lipinski definition) is 4. The van der Waals surface area contributed by atoms with Crippen molar-refractivity contribution in [1.82, 2.24) is 9.97 Å². The Balaban J connectivity index is 2.13. The van der Waals surface area contributed by atoms with E-state index in [1.54, 1.807) is 0 Å². The molecule has 1 aromatic heterocycles. The van der Waals surface area contributed by atoms with Gasteiger partial charge in [-0.1, -0.05) is 11.6 Å². The quantitative estimate of drug-likeness (QED) is 0.609. The number of carbonyl (C=O) groups excluding carboxylic acids is 1. The van der Waals surface area contributed by atoms with Crippen molar-refractivity contribution in [2.75, 3.05) is 11.9 Å². The monoisotopic (exact) mass is 211 g/mol. The lowest BCUT2D eigenvalue weighted by atomic mass is 10.3. The molecule has 0 aliphatic heterocycles.